The van der Waals surface area contributed by atoms with Crippen LogP contribution in [0.1, 0.15) is 26.3 Å². The van der Waals surface area contributed by atoms with Gasteiger partial charge in [-0.15, -0.1) is 0 Å². The van der Waals surface area contributed by atoms with E-state index in [-0.39, 0.29) is 40.9 Å². The third kappa shape index (κ3) is 7.65. The number of hydrogen-bond acceptors (Lipinski definition) is 0. The van der Waals surface area contributed by atoms with Gasteiger partial charge in [0.15, 0.2) is 0 Å². The minimum Gasteiger partial charge on any atom is -1.00 e. The van der Waals surface area contributed by atoms with Crippen LogP contribution in [0, 0.1) is 0 Å². The summed E-state index contributed by atoms with van der Waals surface area (Å²) in [4.78, 5) is 0. The summed E-state index contributed by atoms with van der Waals surface area (Å²) in [6, 6.07) is 31.7. The molecule has 4 rings (SSSR count). The summed E-state index contributed by atoms with van der Waals surface area (Å²) in [6.07, 6.45) is 0. The molecule has 0 saturated carbocycles. The Labute approximate surface area is 277 Å². The zero-order valence-electron chi connectivity index (χ0n) is 25.4. The quantitative estimate of drug-likeness (QED) is 0.246. The predicted octanol–water partition coefficient (Wildman–Crippen LogP) is -2.34. The van der Waals surface area contributed by atoms with E-state index in [0.29, 0.717) is 0 Å². The number of halogens is 3. The van der Waals surface area contributed by atoms with Crippen molar-refractivity contribution in [2.45, 2.75) is 69.8 Å². The summed E-state index contributed by atoms with van der Waals surface area (Å²) >= 11 is 2.55. The van der Waals surface area contributed by atoms with E-state index >= 15 is 0 Å². The zero-order chi connectivity index (χ0) is 27.2. The van der Waals surface area contributed by atoms with Crippen LogP contribution in [0.3, 0.4) is 0 Å². The molecule has 0 radical (unpaired) electrons. The molecule has 0 aliphatic heterocycles. The van der Waals surface area contributed by atoms with E-state index in [0.717, 1.165) is 0 Å². The maximum absolute atomic E-state index is 2.58. The molecule has 0 amide bonds. The van der Waals surface area contributed by atoms with Crippen molar-refractivity contribution < 1.29 is 57.7 Å². The van der Waals surface area contributed by atoms with Gasteiger partial charge >= 0.3 is 243 Å². The summed E-state index contributed by atoms with van der Waals surface area (Å²) in [5.74, 6) is 0. The summed E-state index contributed by atoms with van der Waals surface area (Å²) in [6.45, 7) is 22.1. The first kappa shape index (κ1) is 37.4. The fourth-order valence-corrected chi connectivity index (χ4v) is 13.4. The second-order valence-electron chi connectivity index (χ2n) is 13.0. The van der Waals surface area contributed by atoms with Crippen molar-refractivity contribution in [1.82, 2.24) is 0 Å². The Hall–Kier alpha value is -0.625. The van der Waals surface area contributed by atoms with Gasteiger partial charge in [-0.05, 0) is 0 Å². The topological polar surface area (TPSA) is 0 Å². The number of hydrogen-bond donors (Lipinski definition) is 0. The largest absolute Gasteiger partial charge is 1.00 e. The molecule has 3 aromatic rings. The molecule has 1 aliphatic rings. The molecule has 0 nitrogen and oxygen atoms in total. The van der Waals surface area contributed by atoms with Crippen LogP contribution in [-0.2, 0) is 20.4 Å². The fraction of sp³-hybridized carbons (Fsp3) is 0.333. The average Bonchev–Trinajstić information content (AvgIpc) is 3.02. The minimum atomic E-state index is -1.47. The normalized spacial score (nSPS) is 17.4. The summed E-state index contributed by atoms with van der Waals surface area (Å²) in [7, 11) is -4.41. The molecule has 0 heterocycles. The van der Waals surface area contributed by atoms with Crippen molar-refractivity contribution >= 4 is 51.3 Å². The Morgan fingerprint density at radius 1 is 0.625 bits per heavy atom. The average molecular weight is 678 g/mol. The first-order chi connectivity index (χ1) is 17.2. The molecule has 0 fully saturated rings. The van der Waals surface area contributed by atoms with Gasteiger partial charge in [-0.25, -0.2) is 0 Å². The molecule has 3 aromatic carbocycles. The van der Waals surface area contributed by atoms with Crippen LogP contribution in [0.2, 0.25) is 49.0 Å². The smallest absolute Gasteiger partial charge is 1.00 e. The van der Waals surface area contributed by atoms with Crippen molar-refractivity contribution in [3.8, 4) is 0 Å². The van der Waals surface area contributed by atoms with Crippen molar-refractivity contribution in [2.75, 3.05) is 0 Å². The van der Waals surface area contributed by atoms with Crippen molar-refractivity contribution in [3.05, 3.63) is 101 Å². The predicted molar refractivity (Wildman–Crippen MR) is 170 cm³/mol. The van der Waals surface area contributed by atoms with E-state index in [2.05, 4.69) is 159 Å². The van der Waals surface area contributed by atoms with Gasteiger partial charge in [0, 0.05) is 0 Å². The third-order valence-corrected chi connectivity index (χ3v) is 17.8. The summed E-state index contributed by atoms with van der Waals surface area (Å²) < 4.78 is 0.0332. The first-order valence-electron chi connectivity index (χ1n) is 13.6. The van der Waals surface area contributed by atoms with Gasteiger partial charge in [0.25, 0.3) is 0 Å². The molecule has 212 valence electrons. The van der Waals surface area contributed by atoms with Crippen molar-refractivity contribution in [1.29, 1.82) is 0 Å². The first-order valence-corrected chi connectivity index (χ1v) is 23.4. The van der Waals surface area contributed by atoms with E-state index in [1.807, 2.05) is 0 Å². The van der Waals surface area contributed by atoms with E-state index in [9.17, 15) is 0 Å². The fourth-order valence-electron chi connectivity index (χ4n) is 5.76. The summed E-state index contributed by atoms with van der Waals surface area (Å²) in [5, 5.41) is 6.30. The molecule has 0 bridgehead atoms. The van der Waals surface area contributed by atoms with Crippen molar-refractivity contribution in [3.63, 3.8) is 0 Å². The van der Waals surface area contributed by atoms with Crippen molar-refractivity contribution in [2.24, 2.45) is 0 Å². The van der Waals surface area contributed by atoms with Gasteiger partial charge in [-0.1, -0.05) is 0 Å². The Morgan fingerprint density at radius 2 is 1.02 bits per heavy atom. The SMILES string of the molecule is CC1=C(C)[C]([Ti+3])(C[SiH](c2ccccc2)c2ccccc2)C(c2cc([Si](C)(C)C)cc([Si](C)(C)C)c2)=C1C.[Cl-].[Cl-].[Cl-]. The molecular weight excluding hydrogens is 635 g/mol. The Bertz CT molecular complexity index is 1290. The van der Waals surface area contributed by atoms with Gasteiger partial charge in [-0.3, -0.25) is 0 Å². The van der Waals surface area contributed by atoms with Gasteiger partial charge in [0.2, 0.25) is 0 Å². The van der Waals surface area contributed by atoms with Gasteiger partial charge in [0.05, 0.1) is 0 Å². The van der Waals surface area contributed by atoms with E-state index in [1.165, 1.54) is 22.8 Å². The van der Waals surface area contributed by atoms with Gasteiger partial charge in [0.1, 0.15) is 0 Å². The van der Waals surface area contributed by atoms with Crippen LogP contribution in [0.25, 0.3) is 5.57 Å². The van der Waals surface area contributed by atoms with Gasteiger partial charge < -0.3 is 37.2 Å². The van der Waals surface area contributed by atoms with Gasteiger partial charge in [-0.2, -0.15) is 0 Å². The zero-order valence-corrected chi connectivity index (χ0v) is 32.4. The van der Waals surface area contributed by atoms with Crippen LogP contribution in [0.4, 0.5) is 0 Å². The Morgan fingerprint density at radius 3 is 1.40 bits per heavy atom. The molecule has 40 heavy (non-hydrogen) atoms. The number of allylic oxidation sites excluding steroid dienone is 4. The maximum Gasteiger partial charge on any atom is -1.00 e. The van der Waals surface area contributed by atoms with E-state index in [4.69, 9.17) is 0 Å². The number of rotatable bonds is 7. The standard InChI is InChI=1S/C33H43Si3.3ClH.Ti/c1-24-25(2)32(23-34(28-16-12-10-13-17-28)29-18-14-11-15-19-29)33(26(24)3)27-20-30(35(4,5)6)22-31(21-27)36(7,8)9;;;;/h10-22,34H,23H2,1-9H3;3*1H;/q;;;;+3/p-3. The molecule has 0 aromatic heterocycles. The van der Waals surface area contributed by atoms with Crippen LogP contribution >= 0.6 is 0 Å². The Balaban J connectivity index is 0.00000267. The maximum atomic E-state index is 2.58. The van der Waals surface area contributed by atoms with E-state index in [1.54, 1.807) is 31.9 Å². The van der Waals surface area contributed by atoms with Crippen LogP contribution < -0.4 is 58.0 Å². The molecule has 1 atom stereocenters. The molecule has 1 aliphatic carbocycles. The van der Waals surface area contributed by atoms with Crippen LogP contribution in [0.15, 0.2) is 95.6 Å². The molecule has 7 heteroatoms. The number of benzene rings is 3. The molecule has 0 spiro atoms. The second kappa shape index (κ2) is 14.2. The summed E-state index contributed by atoms with van der Waals surface area (Å²) in [5.41, 5.74) is 7.65. The molecular formula is C33H43Cl3Si3Ti. The third-order valence-electron chi connectivity index (χ3n) is 8.43. The minimum absolute atomic E-state index is 0. The molecule has 0 saturated heterocycles. The van der Waals surface area contributed by atoms with Crippen LogP contribution in [0.5, 0.6) is 0 Å². The van der Waals surface area contributed by atoms with Crippen LogP contribution in [-0.4, -0.2) is 24.9 Å². The molecule has 1 unspecified atom stereocenters. The second-order valence-corrected chi connectivity index (χ2v) is 27.4. The Kier molecular flexibility index (Phi) is 13.3. The monoisotopic (exact) mass is 676 g/mol. The van der Waals surface area contributed by atoms with E-state index < -0.39 is 24.9 Å². The molecule has 0 N–H and O–H groups in total.